The Morgan fingerprint density at radius 1 is 1.17 bits per heavy atom. The van der Waals surface area contributed by atoms with Crippen molar-refractivity contribution in [1.29, 1.82) is 0 Å². The lowest BCUT2D eigenvalue weighted by Crippen LogP contribution is -2.54. The van der Waals surface area contributed by atoms with E-state index >= 15 is 0 Å². The summed E-state index contributed by atoms with van der Waals surface area (Å²) in [5, 5.41) is 1.46. The fraction of sp³-hybridized carbons (Fsp3) is 0.312. The van der Waals surface area contributed by atoms with Gasteiger partial charge in [0.1, 0.15) is 27.6 Å². The molecule has 29 heavy (non-hydrogen) atoms. The van der Waals surface area contributed by atoms with Crippen molar-refractivity contribution in [3.63, 3.8) is 0 Å². The number of alkyl halides is 3. The highest BCUT2D eigenvalue weighted by atomic mass is 35.5. The van der Waals surface area contributed by atoms with E-state index in [2.05, 4.69) is 0 Å². The maximum absolute atomic E-state index is 13.9. The SMILES string of the molecule is Cn1cc(S(=O)(=O)NC(C)(C)C(F)(F)F)cc1C(=O)Nc1c(F)ccc(Cl)c1F. The highest BCUT2D eigenvalue weighted by molar-refractivity contribution is 7.89. The van der Waals surface area contributed by atoms with E-state index in [0.29, 0.717) is 13.8 Å². The molecule has 0 aliphatic heterocycles. The number of nitrogens with zero attached hydrogens (tertiary/aromatic N) is 1. The second-order valence-corrected chi connectivity index (χ2v) is 8.66. The lowest BCUT2D eigenvalue weighted by Gasteiger charge is -2.28. The topological polar surface area (TPSA) is 80.2 Å². The Morgan fingerprint density at radius 2 is 1.76 bits per heavy atom. The molecule has 0 saturated carbocycles. The van der Waals surface area contributed by atoms with Gasteiger partial charge >= 0.3 is 6.18 Å². The zero-order chi connectivity index (χ0) is 22.4. The number of aryl methyl sites for hydroxylation is 1. The summed E-state index contributed by atoms with van der Waals surface area (Å²) in [6.07, 6.45) is -3.99. The van der Waals surface area contributed by atoms with Gasteiger partial charge in [-0.15, -0.1) is 0 Å². The molecule has 6 nitrogen and oxygen atoms in total. The molecular formula is C16H15ClF5N3O3S. The van der Waals surface area contributed by atoms with Crippen molar-refractivity contribution >= 4 is 33.2 Å². The summed E-state index contributed by atoms with van der Waals surface area (Å²) in [7, 11) is -3.44. The van der Waals surface area contributed by atoms with E-state index in [1.807, 2.05) is 5.32 Å². The molecule has 0 spiro atoms. The third kappa shape index (κ3) is 4.70. The van der Waals surface area contributed by atoms with E-state index in [1.165, 1.54) is 11.8 Å². The van der Waals surface area contributed by atoms with Gasteiger partial charge in [0, 0.05) is 13.2 Å². The first-order valence-electron chi connectivity index (χ1n) is 7.79. The van der Waals surface area contributed by atoms with Crippen molar-refractivity contribution in [1.82, 2.24) is 9.29 Å². The first-order chi connectivity index (χ1) is 13.1. The van der Waals surface area contributed by atoms with Gasteiger partial charge in [-0.1, -0.05) is 11.6 Å². The fourth-order valence-electron chi connectivity index (χ4n) is 2.18. The number of benzene rings is 1. The first-order valence-corrected chi connectivity index (χ1v) is 9.65. The highest BCUT2D eigenvalue weighted by Gasteiger charge is 2.50. The van der Waals surface area contributed by atoms with Crippen LogP contribution in [0.3, 0.4) is 0 Å². The van der Waals surface area contributed by atoms with Crippen LogP contribution < -0.4 is 10.0 Å². The molecule has 2 N–H and O–H groups in total. The lowest BCUT2D eigenvalue weighted by molar-refractivity contribution is -0.180. The van der Waals surface area contributed by atoms with Crippen LogP contribution in [-0.4, -0.2) is 30.6 Å². The Hall–Kier alpha value is -2.18. The monoisotopic (exact) mass is 459 g/mol. The molecule has 0 fully saturated rings. The third-order valence-corrected chi connectivity index (χ3v) is 5.82. The van der Waals surface area contributed by atoms with Crippen LogP contribution in [0.1, 0.15) is 24.3 Å². The maximum atomic E-state index is 13.9. The number of carbonyl (C=O) groups excluding carboxylic acids is 1. The smallest absolute Gasteiger partial charge is 0.345 e. The van der Waals surface area contributed by atoms with Crippen LogP contribution in [0.2, 0.25) is 5.02 Å². The summed E-state index contributed by atoms with van der Waals surface area (Å²) in [5.74, 6) is -3.48. The van der Waals surface area contributed by atoms with Crippen molar-refractivity contribution in [3.05, 3.63) is 46.7 Å². The Bertz CT molecular complexity index is 1060. The minimum atomic E-state index is -4.88. The van der Waals surface area contributed by atoms with Crippen LogP contribution in [0.4, 0.5) is 27.6 Å². The minimum Gasteiger partial charge on any atom is -0.345 e. The van der Waals surface area contributed by atoms with Crippen LogP contribution in [0, 0.1) is 11.6 Å². The normalized spacial score (nSPS) is 12.9. The van der Waals surface area contributed by atoms with Gasteiger partial charge < -0.3 is 9.88 Å². The largest absolute Gasteiger partial charge is 0.407 e. The predicted octanol–water partition coefficient (Wildman–Crippen LogP) is 3.83. The molecule has 0 bridgehead atoms. The van der Waals surface area contributed by atoms with Crippen LogP contribution in [0.15, 0.2) is 29.3 Å². The van der Waals surface area contributed by atoms with Crippen LogP contribution >= 0.6 is 11.6 Å². The van der Waals surface area contributed by atoms with Crippen molar-refractivity contribution in [3.8, 4) is 0 Å². The highest BCUT2D eigenvalue weighted by Crippen LogP contribution is 2.31. The van der Waals surface area contributed by atoms with Gasteiger partial charge in [-0.2, -0.15) is 17.9 Å². The molecule has 1 heterocycles. The summed E-state index contributed by atoms with van der Waals surface area (Å²) >= 11 is 5.53. The maximum Gasteiger partial charge on any atom is 0.407 e. The number of hydrogen-bond acceptors (Lipinski definition) is 3. The molecule has 2 aromatic rings. The van der Waals surface area contributed by atoms with Gasteiger partial charge in [0.05, 0.1) is 5.02 Å². The van der Waals surface area contributed by atoms with E-state index in [1.54, 1.807) is 0 Å². The number of halogens is 6. The Labute approximate surface area is 167 Å². The Balaban J connectivity index is 2.35. The van der Waals surface area contributed by atoms with Gasteiger partial charge in [0.15, 0.2) is 5.82 Å². The fourth-order valence-corrected chi connectivity index (χ4v) is 3.81. The van der Waals surface area contributed by atoms with E-state index in [0.717, 1.165) is 29.0 Å². The van der Waals surface area contributed by atoms with Crippen molar-refractivity contribution in [2.24, 2.45) is 7.05 Å². The molecule has 0 atom stereocenters. The average molecular weight is 460 g/mol. The van der Waals surface area contributed by atoms with E-state index in [9.17, 15) is 35.2 Å². The summed E-state index contributed by atoms with van der Waals surface area (Å²) in [5.41, 5.74) is -4.02. The quantitative estimate of drug-likeness (QED) is 0.527. The summed E-state index contributed by atoms with van der Waals surface area (Å²) in [4.78, 5) is 11.7. The van der Waals surface area contributed by atoms with Gasteiger partial charge in [-0.25, -0.2) is 17.2 Å². The molecular weight excluding hydrogens is 445 g/mol. The zero-order valence-electron chi connectivity index (χ0n) is 15.2. The molecule has 1 aromatic heterocycles. The first kappa shape index (κ1) is 23.1. The molecule has 160 valence electrons. The van der Waals surface area contributed by atoms with E-state index in [-0.39, 0.29) is 5.69 Å². The lowest BCUT2D eigenvalue weighted by atomic mass is 10.1. The number of amides is 1. The molecule has 0 radical (unpaired) electrons. The van der Waals surface area contributed by atoms with Crippen molar-refractivity contribution in [2.45, 2.75) is 30.5 Å². The number of aromatic nitrogens is 1. The predicted molar refractivity (Wildman–Crippen MR) is 95.2 cm³/mol. The number of rotatable bonds is 5. The summed E-state index contributed by atoms with van der Waals surface area (Å²) < 4.78 is 93.7. The van der Waals surface area contributed by atoms with Gasteiger partial charge in [-0.3, -0.25) is 4.79 Å². The second kappa shape index (κ2) is 7.58. The van der Waals surface area contributed by atoms with Gasteiger partial charge in [-0.05, 0) is 32.0 Å². The molecule has 13 heteroatoms. The Morgan fingerprint density at radius 3 is 2.31 bits per heavy atom. The van der Waals surface area contributed by atoms with Gasteiger partial charge in [0.2, 0.25) is 10.0 Å². The van der Waals surface area contributed by atoms with Crippen LogP contribution in [-0.2, 0) is 17.1 Å². The minimum absolute atomic E-state index is 0.381. The molecule has 0 unspecified atom stereocenters. The van der Waals surface area contributed by atoms with E-state index < -0.39 is 54.9 Å². The zero-order valence-corrected chi connectivity index (χ0v) is 16.7. The number of sulfonamides is 1. The van der Waals surface area contributed by atoms with Crippen LogP contribution in [0.5, 0.6) is 0 Å². The molecule has 1 amide bonds. The third-order valence-electron chi connectivity index (χ3n) is 3.90. The number of carbonyl (C=O) groups is 1. The number of nitrogens with one attached hydrogen (secondary N) is 2. The van der Waals surface area contributed by atoms with Crippen molar-refractivity contribution in [2.75, 3.05) is 5.32 Å². The number of anilines is 1. The van der Waals surface area contributed by atoms with Gasteiger partial charge in [0.25, 0.3) is 5.91 Å². The van der Waals surface area contributed by atoms with Crippen molar-refractivity contribution < 1.29 is 35.2 Å². The molecule has 0 saturated heterocycles. The summed E-state index contributed by atoms with van der Waals surface area (Å²) in [6.45, 7) is 1.26. The van der Waals surface area contributed by atoms with E-state index in [4.69, 9.17) is 11.6 Å². The molecule has 1 aromatic carbocycles. The standard InChI is InChI=1S/C16H15ClF5N3O3S/c1-15(2,16(20,21)22)24-29(27,28)8-6-11(25(3)7-8)14(26)23-13-10(18)5-4-9(17)12(13)19/h4-7,24H,1-3H3,(H,23,26). The molecule has 0 aliphatic carbocycles. The molecule has 2 rings (SSSR count). The molecule has 0 aliphatic rings. The average Bonchev–Trinajstić information content (AvgIpc) is 2.96. The summed E-state index contributed by atoms with van der Waals surface area (Å²) in [6, 6.07) is 2.51. The Kier molecular flexibility index (Phi) is 6.04. The second-order valence-electron chi connectivity index (χ2n) is 6.57. The van der Waals surface area contributed by atoms with Crippen LogP contribution in [0.25, 0.3) is 0 Å². The number of hydrogen-bond donors (Lipinski definition) is 2.